The van der Waals surface area contributed by atoms with Gasteiger partial charge in [-0.05, 0) is 49.2 Å². The van der Waals surface area contributed by atoms with E-state index in [0.717, 1.165) is 5.65 Å². The fourth-order valence-electron chi connectivity index (χ4n) is 2.11. The molecule has 0 aliphatic heterocycles. The Morgan fingerprint density at radius 3 is 2.50 bits per heavy atom. The summed E-state index contributed by atoms with van der Waals surface area (Å²) in [5.74, 6) is 0. The van der Waals surface area contributed by atoms with Crippen LogP contribution >= 0.6 is 0 Å². The van der Waals surface area contributed by atoms with Crippen molar-refractivity contribution in [2.75, 3.05) is 0 Å². The van der Waals surface area contributed by atoms with E-state index >= 15 is 0 Å². The van der Waals surface area contributed by atoms with E-state index in [-0.39, 0.29) is 0 Å². The van der Waals surface area contributed by atoms with E-state index in [1.165, 1.54) is 16.6 Å². The Kier molecular flexibility index (Phi) is 5.31. The molecule has 0 N–H and O–H groups in total. The molecule has 0 unspecified atom stereocenters. The van der Waals surface area contributed by atoms with Gasteiger partial charge in [-0.1, -0.05) is 19.9 Å². The number of hydrogen-bond acceptors (Lipinski definition) is 2. The summed E-state index contributed by atoms with van der Waals surface area (Å²) >= 11 is 0. The Morgan fingerprint density at radius 1 is 0.909 bits per heavy atom. The van der Waals surface area contributed by atoms with Gasteiger partial charge in [-0.2, -0.15) is 5.10 Å². The number of pyridine rings is 2. The van der Waals surface area contributed by atoms with Crippen molar-refractivity contribution < 1.29 is 0 Å². The zero-order valence-electron chi connectivity index (χ0n) is 13.6. The molecule has 0 radical (unpaired) electrons. The van der Waals surface area contributed by atoms with Crippen molar-refractivity contribution in [3.05, 3.63) is 72.4 Å². The van der Waals surface area contributed by atoms with E-state index in [1.807, 2.05) is 59.7 Å². The van der Waals surface area contributed by atoms with Gasteiger partial charge in [-0.15, -0.1) is 0 Å². The number of aromatic nitrogens is 4. The number of imidazole rings is 1. The smallest absolute Gasteiger partial charge is 0.136 e. The Morgan fingerprint density at radius 2 is 1.73 bits per heavy atom. The van der Waals surface area contributed by atoms with Crippen LogP contribution in [0.4, 0.5) is 0 Å². The molecular formula is C18H22N4. The first-order valence-electron chi connectivity index (χ1n) is 7.52. The second kappa shape index (κ2) is 7.41. The number of aryl methyl sites for hydroxylation is 2. The van der Waals surface area contributed by atoms with Gasteiger partial charge in [0.1, 0.15) is 5.65 Å². The molecule has 0 amide bonds. The van der Waals surface area contributed by atoms with Gasteiger partial charge in [0.25, 0.3) is 0 Å². The predicted molar refractivity (Wildman–Crippen MR) is 91.2 cm³/mol. The molecule has 0 aliphatic carbocycles. The van der Waals surface area contributed by atoms with Gasteiger partial charge in [0, 0.05) is 31.0 Å². The number of fused-ring (bicyclic) bond motifs is 2. The lowest BCUT2D eigenvalue weighted by molar-refractivity contribution is 0.956. The van der Waals surface area contributed by atoms with Crippen LogP contribution in [-0.4, -0.2) is 19.0 Å². The summed E-state index contributed by atoms with van der Waals surface area (Å²) in [5, 5.41) is 4.10. The fraction of sp³-hybridized carbons (Fsp3) is 0.222. The quantitative estimate of drug-likeness (QED) is 0.484. The maximum atomic E-state index is 4.14. The molecule has 0 fully saturated rings. The van der Waals surface area contributed by atoms with Crippen LogP contribution in [-0.2, 0) is 0 Å². The lowest BCUT2D eigenvalue weighted by atomic mass is 10.2. The fourth-order valence-corrected chi connectivity index (χ4v) is 2.11. The minimum Gasteiger partial charge on any atom is -0.307 e. The minimum absolute atomic E-state index is 1.01. The average molecular weight is 294 g/mol. The third kappa shape index (κ3) is 3.52. The van der Waals surface area contributed by atoms with Crippen molar-refractivity contribution >= 4 is 11.2 Å². The molecule has 0 aromatic carbocycles. The molecule has 0 saturated heterocycles. The highest BCUT2D eigenvalue weighted by Crippen LogP contribution is 2.06. The molecule has 4 heteroatoms. The Balaban J connectivity index is 0.000000144. The second-order valence-electron chi connectivity index (χ2n) is 4.75. The maximum absolute atomic E-state index is 4.14. The van der Waals surface area contributed by atoms with Crippen molar-refractivity contribution in [1.29, 1.82) is 0 Å². The molecule has 4 heterocycles. The van der Waals surface area contributed by atoms with Gasteiger partial charge in [0.05, 0.1) is 5.52 Å². The first-order chi connectivity index (χ1) is 10.7. The average Bonchev–Trinajstić information content (AvgIpc) is 3.18. The number of rotatable bonds is 0. The molecule has 4 rings (SSSR count). The molecule has 0 spiro atoms. The van der Waals surface area contributed by atoms with E-state index < -0.39 is 0 Å². The van der Waals surface area contributed by atoms with Crippen molar-refractivity contribution in [2.45, 2.75) is 27.7 Å². The zero-order valence-corrected chi connectivity index (χ0v) is 13.6. The second-order valence-corrected chi connectivity index (χ2v) is 4.75. The summed E-state index contributed by atoms with van der Waals surface area (Å²) in [6, 6.07) is 10.2. The lowest BCUT2D eigenvalue weighted by Crippen LogP contribution is -1.85. The molecule has 4 aromatic heterocycles. The highest BCUT2D eigenvalue weighted by atomic mass is 15.2. The third-order valence-corrected chi connectivity index (χ3v) is 3.20. The highest BCUT2D eigenvalue weighted by molar-refractivity contribution is 5.52. The van der Waals surface area contributed by atoms with Crippen LogP contribution in [0.3, 0.4) is 0 Å². The summed E-state index contributed by atoms with van der Waals surface area (Å²) in [6.07, 6.45) is 9.51. The van der Waals surface area contributed by atoms with E-state index in [9.17, 15) is 0 Å². The van der Waals surface area contributed by atoms with Gasteiger partial charge in [-0.25, -0.2) is 9.50 Å². The Bertz CT molecular complexity index is 841. The van der Waals surface area contributed by atoms with E-state index in [0.29, 0.717) is 0 Å². The van der Waals surface area contributed by atoms with Crippen LogP contribution in [0.15, 0.2) is 61.3 Å². The third-order valence-electron chi connectivity index (χ3n) is 3.20. The van der Waals surface area contributed by atoms with Crippen LogP contribution in [0.1, 0.15) is 25.0 Å². The van der Waals surface area contributed by atoms with Gasteiger partial charge >= 0.3 is 0 Å². The highest BCUT2D eigenvalue weighted by Gasteiger charge is 1.93. The molecule has 0 saturated carbocycles. The standard InChI is InChI=1S/2C8H8N2.C2H6/c1-7-2-4-10-5-3-9-8(10)6-7;1-7-3-2-6-10-8(7)4-5-9-10;1-2/h2*2-6H,1H3;1-2H3. The maximum Gasteiger partial charge on any atom is 0.136 e. The van der Waals surface area contributed by atoms with E-state index in [4.69, 9.17) is 0 Å². The molecule has 0 aliphatic rings. The normalized spacial score (nSPS) is 9.82. The van der Waals surface area contributed by atoms with Crippen LogP contribution in [0.25, 0.3) is 11.2 Å². The summed E-state index contributed by atoms with van der Waals surface area (Å²) in [4.78, 5) is 4.14. The Labute approximate surface area is 131 Å². The molecule has 4 nitrogen and oxygen atoms in total. The first kappa shape index (κ1) is 15.8. The number of hydrogen-bond donors (Lipinski definition) is 0. The zero-order chi connectivity index (χ0) is 15.9. The largest absolute Gasteiger partial charge is 0.307 e. The molecule has 0 atom stereocenters. The molecule has 114 valence electrons. The van der Waals surface area contributed by atoms with Gasteiger partial charge in [-0.3, -0.25) is 0 Å². The lowest BCUT2D eigenvalue weighted by Gasteiger charge is -1.94. The van der Waals surface area contributed by atoms with Crippen LogP contribution in [0.5, 0.6) is 0 Å². The topological polar surface area (TPSA) is 34.6 Å². The van der Waals surface area contributed by atoms with Crippen molar-refractivity contribution in [2.24, 2.45) is 0 Å². The summed E-state index contributed by atoms with van der Waals surface area (Å²) < 4.78 is 3.86. The summed E-state index contributed by atoms with van der Waals surface area (Å²) in [5.41, 5.74) is 4.71. The van der Waals surface area contributed by atoms with Crippen molar-refractivity contribution in [3.63, 3.8) is 0 Å². The summed E-state index contributed by atoms with van der Waals surface area (Å²) in [6.45, 7) is 8.14. The Hall–Kier alpha value is -2.62. The molecule has 22 heavy (non-hydrogen) atoms. The van der Waals surface area contributed by atoms with Crippen LogP contribution in [0.2, 0.25) is 0 Å². The monoisotopic (exact) mass is 294 g/mol. The minimum atomic E-state index is 1.01. The van der Waals surface area contributed by atoms with E-state index in [1.54, 1.807) is 6.20 Å². The van der Waals surface area contributed by atoms with Gasteiger partial charge in [0.2, 0.25) is 0 Å². The molecule has 4 aromatic rings. The van der Waals surface area contributed by atoms with E-state index in [2.05, 4.69) is 42.1 Å². The van der Waals surface area contributed by atoms with Crippen molar-refractivity contribution in [3.8, 4) is 0 Å². The summed E-state index contributed by atoms with van der Waals surface area (Å²) in [7, 11) is 0. The van der Waals surface area contributed by atoms with Crippen LogP contribution < -0.4 is 0 Å². The predicted octanol–water partition coefficient (Wildman–Crippen LogP) is 4.31. The van der Waals surface area contributed by atoms with Gasteiger partial charge in [0.15, 0.2) is 0 Å². The van der Waals surface area contributed by atoms with Gasteiger partial charge < -0.3 is 4.40 Å². The molecular weight excluding hydrogens is 272 g/mol. The first-order valence-corrected chi connectivity index (χ1v) is 7.52. The van der Waals surface area contributed by atoms with Crippen molar-refractivity contribution in [1.82, 2.24) is 19.0 Å². The molecule has 0 bridgehead atoms. The number of nitrogens with zero attached hydrogens (tertiary/aromatic N) is 4. The SMILES string of the molecule is CC.Cc1cccn2nccc12.Cc1ccn2ccnc2c1. The van der Waals surface area contributed by atoms with Crippen LogP contribution in [0, 0.1) is 13.8 Å².